The van der Waals surface area contributed by atoms with E-state index in [9.17, 15) is 9.59 Å². The lowest BCUT2D eigenvalue weighted by molar-refractivity contribution is -0.131. The van der Waals surface area contributed by atoms with Crippen molar-refractivity contribution in [1.29, 1.82) is 0 Å². The summed E-state index contributed by atoms with van der Waals surface area (Å²) < 4.78 is 0. The predicted molar refractivity (Wildman–Crippen MR) is 80.9 cm³/mol. The minimum Gasteiger partial charge on any atom is -0.323 e. The van der Waals surface area contributed by atoms with Crippen molar-refractivity contribution in [1.82, 2.24) is 15.1 Å². The standard InChI is InChI=1S/C16H27N3O2/c1-18(12-13-6-2-3-7-13)10-11-19-14(20)16(17-15(19)21)8-4-5-9-16/h13H,2-12H2,1H3,(H,17,21). The summed E-state index contributed by atoms with van der Waals surface area (Å²) in [6.45, 7) is 2.40. The zero-order valence-corrected chi connectivity index (χ0v) is 13.1. The van der Waals surface area contributed by atoms with Crippen molar-refractivity contribution in [2.45, 2.75) is 56.9 Å². The number of carbonyl (C=O) groups excluding carboxylic acids is 2. The van der Waals surface area contributed by atoms with Crippen LogP contribution in [0.15, 0.2) is 0 Å². The number of likely N-dealkylation sites (N-methyl/N-ethyl adjacent to an activating group) is 1. The molecule has 1 heterocycles. The molecule has 2 saturated carbocycles. The van der Waals surface area contributed by atoms with Crippen LogP contribution in [0.25, 0.3) is 0 Å². The maximum Gasteiger partial charge on any atom is 0.325 e. The van der Waals surface area contributed by atoms with Crippen LogP contribution in [0, 0.1) is 5.92 Å². The predicted octanol–water partition coefficient (Wildman–Crippen LogP) is 1.97. The lowest BCUT2D eigenvalue weighted by Crippen LogP contribution is -2.44. The minimum atomic E-state index is -0.554. The summed E-state index contributed by atoms with van der Waals surface area (Å²) >= 11 is 0. The van der Waals surface area contributed by atoms with Crippen LogP contribution in [0.1, 0.15) is 51.4 Å². The first kappa shape index (κ1) is 14.8. The number of rotatable bonds is 5. The number of imide groups is 1. The van der Waals surface area contributed by atoms with E-state index >= 15 is 0 Å². The van der Waals surface area contributed by atoms with Gasteiger partial charge in [0.15, 0.2) is 0 Å². The smallest absolute Gasteiger partial charge is 0.323 e. The molecule has 5 nitrogen and oxygen atoms in total. The third-order valence-corrected chi connectivity index (χ3v) is 5.45. The number of nitrogens with one attached hydrogen (secondary N) is 1. The summed E-state index contributed by atoms with van der Waals surface area (Å²) in [6, 6.07) is -0.184. The highest BCUT2D eigenvalue weighted by molar-refractivity contribution is 6.07. The van der Waals surface area contributed by atoms with Crippen molar-refractivity contribution in [3.05, 3.63) is 0 Å². The molecule has 3 aliphatic rings. The molecule has 0 aromatic carbocycles. The Labute approximate surface area is 127 Å². The maximum atomic E-state index is 12.5. The molecule has 2 aliphatic carbocycles. The normalized spacial score (nSPS) is 25.5. The van der Waals surface area contributed by atoms with Crippen molar-refractivity contribution >= 4 is 11.9 Å². The number of nitrogens with zero attached hydrogens (tertiary/aromatic N) is 2. The lowest BCUT2D eigenvalue weighted by atomic mass is 9.98. The summed E-state index contributed by atoms with van der Waals surface area (Å²) in [7, 11) is 2.10. The fourth-order valence-electron chi connectivity index (χ4n) is 4.19. The Morgan fingerprint density at radius 3 is 2.52 bits per heavy atom. The van der Waals surface area contributed by atoms with Gasteiger partial charge in [-0.3, -0.25) is 9.69 Å². The molecule has 118 valence electrons. The van der Waals surface area contributed by atoms with Gasteiger partial charge in [-0.05, 0) is 38.6 Å². The van der Waals surface area contributed by atoms with Gasteiger partial charge in [0.2, 0.25) is 0 Å². The first-order valence-electron chi connectivity index (χ1n) is 8.43. The van der Waals surface area contributed by atoms with E-state index in [0.717, 1.165) is 44.7 Å². The van der Waals surface area contributed by atoms with E-state index in [0.29, 0.717) is 6.54 Å². The van der Waals surface area contributed by atoms with Crippen LogP contribution in [-0.2, 0) is 4.79 Å². The lowest BCUT2D eigenvalue weighted by Gasteiger charge is -2.24. The first-order valence-corrected chi connectivity index (χ1v) is 8.43. The molecule has 3 amide bonds. The number of urea groups is 1. The molecular formula is C16H27N3O2. The van der Waals surface area contributed by atoms with Crippen molar-refractivity contribution in [3.8, 4) is 0 Å². The first-order chi connectivity index (χ1) is 10.1. The molecule has 0 bridgehead atoms. The molecule has 1 spiro atoms. The third-order valence-electron chi connectivity index (χ3n) is 5.45. The number of carbonyl (C=O) groups is 2. The summed E-state index contributed by atoms with van der Waals surface area (Å²) in [6.07, 6.45) is 9.08. The van der Waals surface area contributed by atoms with Gasteiger partial charge < -0.3 is 10.2 Å². The molecule has 3 rings (SSSR count). The molecular weight excluding hydrogens is 266 g/mol. The van der Waals surface area contributed by atoms with Crippen LogP contribution in [0.5, 0.6) is 0 Å². The molecule has 0 aromatic rings. The highest BCUT2D eigenvalue weighted by Gasteiger charge is 2.52. The minimum absolute atomic E-state index is 0.0132. The molecule has 0 atom stereocenters. The van der Waals surface area contributed by atoms with Gasteiger partial charge in [-0.15, -0.1) is 0 Å². The zero-order valence-electron chi connectivity index (χ0n) is 13.1. The van der Waals surface area contributed by atoms with E-state index in [4.69, 9.17) is 0 Å². The number of amides is 3. The SMILES string of the molecule is CN(CCN1C(=O)NC2(CCCC2)C1=O)CC1CCCC1. The Kier molecular flexibility index (Phi) is 4.20. The Hall–Kier alpha value is -1.10. The van der Waals surface area contributed by atoms with Crippen LogP contribution in [0.2, 0.25) is 0 Å². The van der Waals surface area contributed by atoms with Crippen molar-refractivity contribution in [2.24, 2.45) is 5.92 Å². The second-order valence-corrected chi connectivity index (χ2v) is 7.09. The van der Waals surface area contributed by atoms with Crippen LogP contribution >= 0.6 is 0 Å². The average Bonchev–Trinajstić information content (AvgIpc) is 3.14. The molecule has 3 fully saturated rings. The van der Waals surface area contributed by atoms with Gasteiger partial charge in [0.25, 0.3) is 5.91 Å². The van der Waals surface area contributed by atoms with E-state index in [1.165, 1.54) is 30.6 Å². The fourth-order valence-corrected chi connectivity index (χ4v) is 4.19. The van der Waals surface area contributed by atoms with Crippen molar-refractivity contribution in [2.75, 3.05) is 26.7 Å². The van der Waals surface area contributed by atoms with E-state index < -0.39 is 5.54 Å². The number of hydrogen-bond donors (Lipinski definition) is 1. The van der Waals surface area contributed by atoms with Crippen molar-refractivity contribution in [3.63, 3.8) is 0 Å². The van der Waals surface area contributed by atoms with E-state index in [1.54, 1.807) is 0 Å². The van der Waals surface area contributed by atoms with E-state index in [2.05, 4.69) is 17.3 Å². The van der Waals surface area contributed by atoms with Crippen LogP contribution < -0.4 is 5.32 Å². The molecule has 0 unspecified atom stereocenters. The van der Waals surface area contributed by atoms with Crippen LogP contribution in [0.3, 0.4) is 0 Å². The van der Waals surface area contributed by atoms with E-state index in [-0.39, 0.29) is 11.9 Å². The Morgan fingerprint density at radius 2 is 1.86 bits per heavy atom. The Morgan fingerprint density at radius 1 is 1.19 bits per heavy atom. The maximum absolute atomic E-state index is 12.5. The number of hydrogen-bond acceptors (Lipinski definition) is 3. The second kappa shape index (κ2) is 5.95. The Bertz CT molecular complexity index is 412. The second-order valence-electron chi connectivity index (χ2n) is 7.09. The van der Waals surface area contributed by atoms with Crippen LogP contribution in [-0.4, -0.2) is 54.0 Å². The van der Waals surface area contributed by atoms with Gasteiger partial charge in [0.1, 0.15) is 5.54 Å². The van der Waals surface area contributed by atoms with Gasteiger partial charge >= 0.3 is 6.03 Å². The Balaban J connectivity index is 1.50. The summed E-state index contributed by atoms with van der Waals surface area (Å²) in [5.74, 6) is 0.818. The summed E-state index contributed by atoms with van der Waals surface area (Å²) in [5.41, 5.74) is -0.554. The highest BCUT2D eigenvalue weighted by atomic mass is 16.2. The monoisotopic (exact) mass is 293 g/mol. The van der Waals surface area contributed by atoms with Gasteiger partial charge in [0.05, 0.1) is 0 Å². The molecule has 1 saturated heterocycles. The van der Waals surface area contributed by atoms with Gasteiger partial charge in [-0.2, -0.15) is 0 Å². The van der Waals surface area contributed by atoms with Gasteiger partial charge in [-0.25, -0.2) is 4.79 Å². The third kappa shape index (κ3) is 2.93. The average molecular weight is 293 g/mol. The summed E-state index contributed by atoms with van der Waals surface area (Å²) in [5, 5.41) is 2.94. The molecule has 0 aromatic heterocycles. The van der Waals surface area contributed by atoms with Gasteiger partial charge in [0, 0.05) is 19.6 Å². The highest BCUT2D eigenvalue weighted by Crippen LogP contribution is 2.34. The van der Waals surface area contributed by atoms with Crippen LogP contribution in [0.4, 0.5) is 4.79 Å². The molecule has 5 heteroatoms. The topological polar surface area (TPSA) is 52.6 Å². The molecule has 21 heavy (non-hydrogen) atoms. The van der Waals surface area contributed by atoms with Crippen molar-refractivity contribution < 1.29 is 9.59 Å². The fraction of sp³-hybridized carbons (Fsp3) is 0.875. The van der Waals surface area contributed by atoms with Gasteiger partial charge in [-0.1, -0.05) is 25.7 Å². The molecule has 0 radical (unpaired) electrons. The summed E-state index contributed by atoms with van der Waals surface area (Å²) in [4.78, 5) is 28.3. The quantitative estimate of drug-likeness (QED) is 0.789. The largest absolute Gasteiger partial charge is 0.325 e. The van der Waals surface area contributed by atoms with E-state index in [1.807, 2.05) is 0 Å². The molecule has 1 aliphatic heterocycles. The zero-order chi connectivity index (χ0) is 14.9. The molecule has 1 N–H and O–H groups in total.